The zero-order valence-corrected chi connectivity index (χ0v) is 9.60. The summed E-state index contributed by atoms with van der Waals surface area (Å²) in [5.74, 6) is 0.655. The van der Waals surface area contributed by atoms with Gasteiger partial charge in [-0.15, -0.1) is 12.4 Å². The average molecular weight is 233 g/mol. The Morgan fingerprint density at radius 3 is 2.33 bits per heavy atom. The second kappa shape index (κ2) is 4.94. The highest BCUT2D eigenvalue weighted by Gasteiger charge is 2.40. The van der Waals surface area contributed by atoms with Crippen LogP contribution in [0.3, 0.4) is 0 Å². The molecule has 2 aliphatic rings. The molecule has 5 heteroatoms. The van der Waals surface area contributed by atoms with Crippen LogP contribution in [-0.2, 0) is 9.59 Å². The van der Waals surface area contributed by atoms with E-state index in [1.165, 1.54) is 0 Å². The van der Waals surface area contributed by atoms with E-state index in [0.717, 1.165) is 25.9 Å². The van der Waals surface area contributed by atoms with E-state index >= 15 is 0 Å². The van der Waals surface area contributed by atoms with Crippen LogP contribution in [-0.4, -0.2) is 31.8 Å². The molecule has 2 N–H and O–H groups in total. The lowest BCUT2D eigenvalue weighted by Gasteiger charge is -2.37. The second-order valence-electron chi connectivity index (χ2n) is 4.24. The predicted molar refractivity (Wildman–Crippen MR) is 58.9 cm³/mol. The summed E-state index contributed by atoms with van der Waals surface area (Å²) in [5.41, 5.74) is 0. The number of amides is 1. The molecule has 0 aromatic heterocycles. The van der Waals surface area contributed by atoms with Gasteiger partial charge in [-0.2, -0.15) is 0 Å². The number of halogens is 1. The molecule has 1 heterocycles. The monoisotopic (exact) mass is 232 g/mol. The molecule has 0 aromatic carbocycles. The van der Waals surface area contributed by atoms with Crippen LogP contribution in [0.2, 0.25) is 0 Å². The fourth-order valence-electron chi connectivity index (χ4n) is 2.57. The van der Waals surface area contributed by atoms with Crippen molar-refractivity contribution in [1.82, 2.24) is 10.6 Å². The molecule has 2 bridgehead atoms. The summed E-state index contributed by atoms with van der Waals surface area (Å²) in [7, 11) is 1.66. The Bertz CT molecular complexity index is 254. The summed E-state index contributed by atoms with van der Waals surface area (Å²) < 4.78 is 0. The summed E-state index contributed by atoms with van der Waals surface area (Å²) in [6.45, 7) is 1.51. The van der Waals surface area contributed by atoms with Gasteiger partial charge in [0, 0.05) is 37.9 Å². The van der Waals surface area contributed by atoms with Crippen molar-refractivity contribution < 1.29 is 9.59 Å². The maximum Gasteiger partial charge on any atom is 0.222 e. The first-order valence-electron chi connectivity index (χ1n) is 5.18. The molecule has 0 radical (unpaired) electrons. The number of carbonyl (C=O) groups excluding carboxylic acids is 2. The molecular formula is C10H17ClN2O2. The molecular weight excluding hydrogens is 216 g/mol. The Morgan fingerprint density at radius 1 is 1.33 bits per heavy atom. The lowest BCUT2D eigenvalue weighted by molar-refractivity contribution is -0.136. The molecule has 2 fully saturated rings. The van der Waals surface area contributed by atoms with Crippen molar-refractivity contribution in [2.45, 2.75) is 12.8 Å². The van der Waals surface area contributed by atoms with Crippen LogP contribution < -0.4 is 10.6 Å². The Balaban J connectivity index is 0.00000112. The highest BCUT2D eigenvalue weighted by Crippen LogP contribution is 2.32. The molecule has 1 amide bonds. The molecule has 4 nitrogen and oxygen atoms in total. The number of rotatable bonds is 1. The molecule has 1 aliphatic carbocycles. The van der Waals surface area contributed by atoms with Gasteiger partial charge in [0.25, 0.3) is 0 Å². The van der Waals surface area contributed by atoms with Crippen LogP contribution in [0.5, 0.6) is 0 Å². The molecule has 86 valence electrons. The van der Waals surface area contributed by atoms with E-state index in [1.54, 1.807) is 7.05 Å². The van der Waals surface area contributed by atoms with Crippen LogP contribution in [0.1, 0.15) is 12.8 Å². The van der Waals surface area contributed by atoms with E-state index in [1.807, 2.05) is 0 Å². The summed E-state index contributed by atoms with van der Waals surface area (Å²) in [6.07, 6.45) is 1.45. The van der Waals surface area contributed by atoms with Gasteiger partial charge in [0.1, 0.15) is 5.78 Å². The van der Waals surface area contributed by atoms with Crippen LogP contribution in [0.25, 0.3) is 0 Å². The summed E-state index contributed by atoms with van der Waals surface area (Å²) in [6, 6.07) is 0. The normalized spacial score (nSPS) is 34.2. The SMILES string of the molecule is CNC(=O)C1CC2CNCC(C1)C2=O.Cl. The topological polar surface area (TPSA) is 58.2 Å². The van der Waals surface area contributed by atoms with Gasteiger partial charge in [-0.25, -0.2) is 0 Å². The fraction of sp³-hybridized carbons (Fsp3) is 0.800. The van der Waals surface area contributed by atoms with E-state index in [4.69, 9.17) is 0 Å². The number of ketones is 1. The summed E-state index contributed by atoms with van der Waals surface area (Å²) >= 11 is 0. The molecule has 0 spiro atoms. The molecule has 1 aliphatic heterocycles. The van der Waals surface area contributed by atoms with Crippen molar-refractivity contribution in [3.63, 3.8) is 0 Å². The van der Waals surface area contributed by atoms with E-state index < -0.39 is 0 Å². The van der Waals surface area contributed by atoms with Crippen LogP contribution >= 0.6 is 12.4 Å². The number of nitrogens with one attached hydrogen (secondary N) is 2. The standard InChI is InChI=1S/C10H16N2O2.ClH/c1-11-10(14)6-2-7-4-12-5-8(3-6)9(7)13;/h6-8,12H,2-5H2,1H3,(H,11,14);1H. The third-order valence-corrected chi connectivity index (χ3v) is 3.34. The largest absolute Gasteiger partial charge is 0.359 e. The van der Waals surface area contributed by atoms with E-state index in [2.05, 4.69) is 10.6 Å². The van der Waals surface area contributed by atoms with Gasteiger partial charge in [-0.05, 0) is 12.8 Å². The van der Waals surface area contributed by atoms with Crippen LogP contribution in [0.4, 0.5) is 0 Å². The minimum atomic E-state index is 0. The molecule has 2 atom stereocenters. The van der Waals surface area contributed by atoms with Crippen molar-refractivity contribution >= 4 is 24.1 Å². The molecule has 0 aromatic rings. The third kappa shape index (κ3) is 2.32. The number of fused-ring (bicyclic) bond motifs is 2. The number of hydrogen-bond donors (Lipinski definition) is 2. The first-order valence-corrected chi connectivity index (χ1v) is 5.18. The minimum Gasteiger partial charge on any atom is -0.359 e. The van der Waals surface area contributed by atoms with Crippen molar-refractivity contribution in [2.24, 2.45) is 17.8 Å². The molecule has 2 unspecified atom stereocenters. The maximum atomic E-state index is 11.7. The summed E-state index contributed by atoms with van der Waals surface area (Å²) in [4.78, 5) is 23.2. The molecule has 1 saturated heterocycles. The van der Waals surface area contributed by atoms with Crippen molar-refractivity contribution in [3.05, 3.63) is 0 Å². The van der Waals surface area contributed by atoms with Crippen molar-refractivity contribution in [3.8, 4) is 0 Å². The number of Topliss-reactive ketones (excluding diaryl/α,β-unsaturated/α-hetero) is 1. The van der Waals surface area contributed by atoms with Gasteiger partial charge in [0.2, 0.25) is 5.91 Å². The van der Waals surface area contributed by atoms with E-state index in [9.17, 15) is 9.59 Å². The van der Waals surface area contributed by atoms with Gasteiger partial charge in [0.15, 0.2) is 0 Å². The molecule has 1 saturated carbocycles. The minimum absolute atomic E-state index is 0. The quantitative estimate of drug-likeness (QED) is 0.668. The number of carbonyl (C=O) groups is 2. The smallest absolute Gasteiger partial charge is 0.222 e. The first-order chi connectivity index (χ1) is 6.72. The van der Waals surface area contributed by atoms with Gasteiger partial charge < -0.3 is 10.6 Å². The van der Waals surface area contributed by atoms with Crippen LogP contribution in [0, 0.1) is 17.8 Å². The fourth-order valence-corrected chi connectivity index (χ4v) is 2.57. The Kier molecular flexibility index (Phi) is 4.11. The Hall–Kier alpha value is -0.610. The number of piperidine rings is 1. The highest BCUT2D eigenvalue weighted by molar-refractivity contribution is 5.88. The number of hydrogen-bond acceptors (Lipinski definition) is 3. The second-order valence-corrected chi connectivity index (χ2v) is 4.24. The lowest BCUT2D eigenvalue weighted by atomic mass is 9.72. The van der Waals surface area contributed by atoms with Crippen LogP contribution in [0.15, 0.2) is 0 Å². The van der Waals surface area contributed by atoms with Gasteiger partial charge in [-0.3, -0.25) is 9.59 Å². The maximum absolute atomic E-state index is 11.7. The summed E-state index contributed by atoms with van der Waals surface area (Å²) in [5, 5.41) is 5.91. The van der Waals surface area contributed by atoms with Crippen molar-refractivity contribution in [1.29, 1.82) is 0 Å². The molecule has 2 rings (SSSR count). The Labute approximate surface area is 95.6 Å². The average Bonchev–Trinajstić information content (AvgIpc) is 2.16. The highest BCUT2D eigenvalue weighted by atomic mass is 35.5. The Morgan fingerprint density at radius 2 is 1.87 bits per heavy atom. The van der Waals surface area contributed by atoms with Gasteiger partial charge in [0.05, 0.1) is 0 Å². The van der Waals surface area contributed by atoms with Gasteiger partial charge >= 0.3 is 0 Å². The third-order valence-electron chi connectivity index (χ3n) is 3.34. The first kappa shape index (κ1) is 12.5. The zero-order valence-electron chi connectivity index (χ0n) is 8.79. The predicted octanol–water partition coefficient (Wildman–Crippen LogP) is -0.0311. The van der Waals surface area contributed by atoms with E-state index in [-0.39, 0.29) is 36.1 Å². The van der Waals surface area contributed by atoms with Gasteiger partial charge in [-0.1, -0.05) is 0 Å². The van der Waals surface area contributed by atoms with Crippen molar-refractivity contribution in [2.75, 3.05) is 20.1 Å². The lowest BCUT2D eigenvalue weighted by Crippen LogP contribution is -2.50. The zero-order chi connectivity index (χ0) is 10.1. The molecule has 15 heavy (non-hydrogen) atoms. The van der Waals surface area contributed by atoms with E-state index in [0.29, 0.717) is 5.78 Å².